The van der Waals surface area contributed by atoms with E-state index in [0.717, 1.165) is 5.92 Å². The quantitative estimate of drug-likeness (QED) is 0.359. The van der Waals surface area contributed by atoms with Gasteiger partial charge in [-0.25, -0.2) is 0 Å². The standard InChI is InChI=1S/C21H29F3O/c1-2-3-4-6-17-7-9-18(10-8-17)19-11-13-20(14-12-19)25-16-5-15-21(22,23)24/h4,6,11-14,17-18H,2-3,5,7-10,15-16H2,1H3/t17-,18-. The highest BCUT2D eigenvalue weighted by Gasteiger charge is 2.26. The molecular formula is C21H29F3O. The average Bonchev–Trinajstić information content (AvgIpc) is 2.59. The molecule has 0 N–H and O–H groups in total. The summed E-state index contributed by atoms with van der Waals surface area (Å²) in [5, 5.41) is 0. The van der Waals surface area contributed by atoms with Gasteiger partial charge in [0.2, 0.25) is 0 Å². The number of halogens is 3. The first-order valence-corrected chi connectivity index (χ1v) is 9.44. The smallest absolute Gasteiger partial charge is 0.389 e. The lowest BCUT2D eigenvalue weighted by Crippen LogP contribution is -2.12. The molecule has 1 aromatic carbocycles. The van der Waals surface area contributed by atoms with Gasteiger partial charge in [0.05, 0.1) is 6.61 Å². The van der Waals surface area contributed by atoms with Gasteiger partial charge in [-0.05, 0) is 68.1 Å². The number of allylic oxidation sites excluding steroid dienone is 2. The Morgan fingerprint density at radius 1 is 1.08 bits per heavy atom. The van der Waals surface area contributed by atoms with Gasteiger partial charge in [0, 0.05) is 6.42 Å². The second-order valence-electron chi connectivity index (χ2n) is 6.96. The van der Waals surface area contributed by atoms with Crippen molar-refractivity contribution >= 4 is 0 Å². The Bertz CT molecular complexity index is 511. The summed E-state index contributed by atoms with van der Waals surface area (Å²) in [5.74, 6) is 1.97. The van der Waals surface area contributed by atoms with E-state index in [2.05, 4.69) is 31.2 Å². The van der Waals surface area contributed by atoms with E-state index >= 15 is 0 Å². The van der Waals surface area contributed by atoms with Gasteiger partial charge in [-0.2, -0.15) is 13.2 Å². The van der Waals surface area contributed by atoms with Crippen molar-refractivity contribution in [2.24, 2.45) is 5.92 Å². The fourth-order valence-corrected chi connectivity index (χ4v) is 3.40. The minimum Gasteiger partial charge on any atom is -0.494 e. The third-order valence-electron chi connectivity index (χ3n) is 4.86. The molecule has 0 aromatic heterocycles. The Morgan fingerprint density at radius 2 is 1.76 bits per heavy atom. The van der Waals surface area contributed by atoms with Crippen LogP contribution in [-0.2, 0) is 0 Å². The fraction of sp³-hybridized carbons (Fsp3) is 0.619. The van der Waals surface area contributed by atoms with Gasteiger partial charge in [-0.1, -0.05) is 37.6 Å². The van der Waals surface area contributed by atoms with Gasteiger partial charge in [-0.15, -0.1) is 0 Å². The Hall–Kier alpha value is -1.45. The molecule has 140 valence electrons. The van der Waals surface area contributed by atoms with Crippen LogP contribution in [0.3, 0.4) is 0 Å². The molecule has 0 atom stereocenters. The summed E-state index contributed by atoms with van der Waals surface area (Å²) in [5.41, 5.74) is 1.32. The summed E-state index contributed by atoms with van der Waals surface area (Å²) in [7, 11) is 0. The first-order chi connectivity index (χ1) is 12.0. The number of ether oxygens (including phenoxy) is 1. The van der Waals surface area contributed by atoms with Crippen molar-refractivity contribution < 1.29 is 17.9 Å². The van der Waals surface area contributed by atoms with Gasteiger partial charge in [0.1, 0.15) is 5.75 Å². The predicted octanol–water partition coefficient (Wildman–Crippen LogP) is 7.04. The Labute approximate surface area is 149 Å². The van der Waals surface area contributed by atoms with Crippen molar-refractivity contribution in [2.75, 3.05) is 6.61 Å². The lowest BCUT2D eigenvalue weighted by atomic mass is 9.78. The molecule has 0 saturated heterocycles. The maximum atomic E-state index is 12.1. The lowest BCUT2D eigenvalue weighted by Gasteiger charge is -2.27. The average molecular weight is 354 g/mol. The number of benzene rings is 1. The van der Waals surface area contributed by atoms with E-state index < -0.39 is 12.6 Å². The molecule has 0 amide bonds. The van der Waals surface area contributed by atoms with Crippen LogP contribution in [0.4, 0.5) is 13.2 Å². The van der Waals surface area contributed by atoms with E-state index in [9.17, 15) is 13.2 Å². The second kappa shape index (κ2) is 9.88. The van der Waals surface area contributed by atoms with E-state index in [1.807, 2.05) is 12.1 Å². The first kappa shape index (κ1) is 19.9. The Balaban J connectivity index is 1.73. The summed E-state index contributed by atoms with van der Waals surface area (Å²) in [6.45, 7) is 2.30. The second-order valence-corrected chi connectivity index (χ2v) is 6.96. The van der Waals surface area contributed by atoms with Crippen molar-refractivity contribution in [2.45, 2.75) is 70.4 Å². The van der Waals surface area contributed by atoms with Crippen LogP contribution in [-0.4, -0.2) is 12.8 Å². The van der Waals surface area contributed by atoms with Crippen LogP contribution in [0.15, 0.2) is 36.4 Å². The van der Waals surface area contributed by atoms with Crippen molar-refractivity contribution in [1.29, 1.82) is 0 Å². The molecule has 1 nitrogen and oxygen atoms in total. The molecule has 0 bridgehead atoms. The molecule has 1 aliphatic rings. The van der Waals surface area contributed by atoms with Crippen LogP contribution in [0, 0.1) is 5.92 Å². The number of hydrogen-bond donors (Lipinski definition) is 0. The molecule has 25 heavy (non-hydrogen) atoms. The molecule has 4 heteroatoms. The van der Waals surface area contributed by atoms with Crippen molar-refractivity contribution in [3.05, 3.63) is 42.0 Å². The lowest BCUT2D eigenvalue weighted by molar-refractivity contribution is -0.136. The van der Waals surface area contributed by atoms with E-state index in [4.69, 9.17) is 4.74 Å². The summed E-state index contributed by atoms with van der Waals surface area (Å²) < 4.78 is 41.7. The zero-order chi connectivity index (χ0) is 18.1. The minimum absolute atomic E-state index is 0.000807. The molecule has 0 unspecified atom stereocenters. The molecule has 1 aromatic rings. The number of rotatable bonds is 8. The summed E-state index contributed by atoms with van der Waals surface area (Å²) in [6, 6.07) is 7.90. The third-order valence-corrected chi connectivity index (χ3v) is 4.86. The zero-order valence-electron chi connectivity index (χ0n) is 15.0. The van der Waals surface area contributed by atoms with Gasteiger partial charge >= 0.3 is 6.18 Å². The maximum absolute atomic E-state index is 12.1. The monoisotopic (exact) mass is 354 g/mol. The van der Waals surface area contributed by atoms with Crippen LogP contribution in [0.25, 0.3) is 0 Å². The molecular weight excluding hydrogens is 325 g/mol. The Morgan fingerprint density at radius 3 is 2.36 bits per heavy atom. The van der Waals surface area contributed by atoms with E-state index in [1.54, 1.807) is 0 Å². The van der Waals surface area contributed by atoms with E-state index in [1.165, 1.54) is 44.1 Å². The van der Waals surface area contributed by atoms with Crippen LogP contribution in [0.1, 0.15) is 69.8 Å². The number of alkyl halides is 3. The van der Waals surface area contributed by atoms with Gasteiger partial charge in [0.15, 0.2) is 0 Å². The molecule has 1 aliphatic carbocycles. The molecule has 2 rings (SSSR count). The van der Waals surface area contributed by atoms with Crippen molar-refractivity contribution in [1.82, 2.24) is 0 Å². The Kier molecular flexibility index (Phi) is 7.86. The van der Waals surface area contributed by atoms with E-state index in [0.29, 0.717) is 11.7 Å². The highest BCUT2D eigenvalue weighted by Crippen LogP contribution is 2.36. The topological polar surface area (TPSA) is 9.23 Å². The number of unbranched alkanes of at least 4 members (excludes halogenated alkanes) is 1. The summed E-state index contributed by atoms with van der Waals surface area (Å²) in [6.07, 6.45) is 7.06. The van der Waals surface area contributed by atoms with Gasteiger partial charge < -0.3 is 4.74 Å². The first-order valence-electron chi connectivity index (χ1n) is 9.44. The van der Waals surface area contributed by atoms with Crippen LogP contribution < -0.4 is 4.74 Å². The van der Waals surface area contributed by atoms with Crippen molar-refractivity contribution in [3.63, 3.8) is 0 Å². The molecule has 0 aliphatic heterocycles. The summed E-state index contributed by atoms with van der Waals surface area (Å²) in [4.78, 5) is 0. The maximum Gasteiger partial charge on any atom is 0.389 e. The normalized spacial score (nSPS) is 21.6. The van der Waals surface area contributed by atoms with Crippen LogP contribution in [0.2, 0.25) is 0 Å². The summed E-state index contributed by atoms with van der Waals surface area (Å²) >= 11 is 0. The van der Waals surface area contributed by atoms with Gasteiger partial charge in [-0.3, -0.25) is 0 Å². The number of hydrogen-bond acceptors (Lipinski definition) is 1. The molecule has 1 saturated carbocycles. The molecule has 0 heterocycles. The zero-order valence-corrected chi connectivity index (χ0v) is 15.0. The predicted molar refractivity (Wildman–Crippen MR) is 96.0 cm³/mol. The third kappa shape index (κ3) is 7.54. The van der Waals surface area contributed by atoms with Crippen LogP contribution in [0.5, 0.6) is 5.75 Å². The highest BCUT2D eigenvalue weighted by molar-refractivity contribution is 5.29. The van der Waals surface area contributed by atoms with Crippen LogP contribution >= 0.6 is 0 Å². The highest BCUT2D eigenvalue weighted by atomic mass is 19.4. The van der Waals surface area contributed by atoms with Gasteiger partial charge in [0.25, 0.3) is 0 Å². The molecule has 0 spiro atoms. The SMILES string of the molecule is CCCC=C[C@H]1CC[C@H](c2ccc(OCCCC(F)(F)F)cc2)CC1. The minimum atomic E-state index is -4.10. The van der Waals surface area contributed by atoms with Crippen molar-refractivity contribution in [3.8, 4) is 5.75 Å². The van der Waals surface area contributed by atoms with E-state index in [-0.39, 0.29) is 13.0 Å². The largest absolute Gasteiger partial charge is 0.494 e. The molecule has 1 fully saturated rings. The molecule has 0 radical (unpaired) electrons. The fourth-order valence-electron chi connectivity index (χ4n) is 3.40.